The molecule has 1 amide bonds. The van der Waals surface area contributed by atoms with Gasteiger partial charge in [-0.05, 0) is 55.8 Å². The molecule has 134 valence electrons. The molecule has 0 saturated heterocycles. The zero-order valence-corrected chi connectivity index (χ0v) is 14.2. The second kappa shape index (κ2) is 8.05. The normalized spacial score (nSPS) is 11.2. The number of nitrogens with zero attached hydrogens (tertiary/aromatic N) is 1. The molecule has 0 radical (unpaired) electrons. The van der Waals surface area contributed by atoms with E-state index in [0.717, 1.165) is 23.4 Å². The highest BCUT2D eigenvalue weighted by Gasteiger charge is 2.29. The smallest absolute Gasteiger partial charge is 0.385 e. The number of aryl methyl sites for hydroxylation is 1. The van der Waals surface area contributed by atoms with E-state index in [1.54, 1.807) is 4.90 Å². The summed E-state index contributed by atoms with van der Waals surface area (Å²) < 4.78 is 37.6. The molecule has 25 heavy (non-hydrogen) atoms. The third kappa shape index (κ3) is 5.24. The molecule has 2 rings (SSSR count). The Balaban J connectivity index is 1.91. The monoisotopic (exact) mass is 350 g/mol. The predicted molar refractivity (Wildman–Crippen MR) is 93.8 cm³/mol. The molecular formula is C19H21F3N2O. The van der Waals surface area contributed by atoms with Gasteiger partial charge in [-0.2, -0.15) is 13.2 Å². The van der Waals surface area contributed by atoms with E-state index in [2.05, 4.69) is 5.32 Å². The van der Waals surface area contributed by atoms with Crippen molar-refractivity contribution in [1.82, 2.24) is 0 Å². The molecule has 0 aliphatic rings. The van der Waals surface area contributed by atoms with Gasteiger partial charge in [0.1, 0.15) is 0 Å². The molecular weight excluding hydrogens is 329 g/mol. The molecule has 0 aliphatic heterocycles. The number of hydrogen-bond acceptors (Lipinski definition) is 2. The number of halogens is 3. The van der Waals surface area contributed by atoms with Gasteiger partial charge in [0, 0.05) is 30.9 Å². The lowest BCUT2D eigenvalue weighted by molar-refractivity contribution is -0.137. The minimum Gasteiger partial charge on any atom is -0.385 e. The highest BCUT2D eigenvalue weighted by atomic mass is 19.4. The van der Waals surface area contributed by atoms with Crippen molar-refractivity contribution in [2.75, 3.05) is 23.3 Å². The minimum absolute atomic E-state index is 0.0347. The van der Waals surface area contributed by atoms with Gasteiger partial charge in [0.15, 0.2) is 0 Å². The average molecular weight is 350 g/mol. The van der Waals surface area contributed by atoms with Gasteiger partial charge in [-0.25, -0.2) is 0 Å². The lowest BCUT2D eigenvalue weighted by Crippen LogP contribution is -2.31. The fourth-order valence-corrected chi connectivity index (χ4v) is 2.52. The Morgan fingerprint density at radius 2 is 1.80 bits per heavy atom. The lowest BCUT2D eigenvalue weighted by atomic mass is 10.2. The van der Waals surface area contributed by atoms with Crippen LogP contribution in [0.15, 0.2) is 48.5 Å². The van der Waals surface area contributed by atoms with Crippen LogP contribution in [0.5, 0.6) is 0 Å². The molecule has 0 unspecified atom stereocenters. The molecule has 0 heterocycles. The van der Waals surface area contributed by atoms with Crippen LogP contribution >= 0.6 is 0 Å². The third-order valence-corrected chi connectivity index (χ3v) is 3.81. The summed E-state index contributed by atoms with van der Waals surface area (Å²) in [6.45, 7) is 4.78. The Morgan fingerprint density at radius 3 is 2.36 bits per heavy atom. The van der Waals surface area contributed by atoms with Gasteiger partial charge in [0.05, 0.1) is 5.56 Å². The summed E-state index contributed by atoms with van der Waals surface area (Å²) in [6, 6.07) is 12.5. The van der Waals surface area contributed by atoms with Crippen LogP contribution in [0.4, 0.5) is 24.5 Å². The molecule has 0 saturated carbocycles. The average Bonchev–Trinajstić information content (AvgIpc) is 2.55. The Morgan fingerprint density at radius 1 is 1.12 bits per heavy atom. The zero-order valence-electron chi connectivity index (χ0n) is 14.2. The number of hydrogen-bond donors (Lipinski definition) is 1. The molecule has 0 bridgehead atoms. The fourth-order valence-electron chi connectivity index (χ4n) is 2.52. The fraction of sp³-hybridized carbons (Fsp3) is 0.316. The van der Waals surface area contributed by atoms with Crippen LogP contribution in [-0.4, -0.2) is 19.0 Å². The first-order valence-corrected chi connectivity index (χ1v) is 8.09. The topological polar surface area (TPSA) is 32.3 Å². The molecule has 1 N–H and O–H groups in total. The van der Waals surface area contributed by atoms with Gasteiger partial charge in [-0.1, -0.05) is 12.1 Å². The van der Waals surface area contributed by atoms with Crippen LogP contribution < -0.4 is 10.2 Å². The number of anilines is 2. The summed E-state index contributed by atoms with van der Waals surface area (Å²) in [5, 5.41) is 2.98. The van der Waals surface area contributed by atoms with Crippen molar-refractivity contribution in [1.29, 1.82) is 0 Å². The molecule has 2 aromatic carbocycles. The standard InChI is InChI=1S/C19H21F3N2O/c1-3-24(17-6-4-5-14(2)13-17)18(25)11-12-23-16-9-7-15(8-10-16)19(20,21)22/h4-10,13,23H,3,11-12H2,1-2H3. The zero-order chi connectivity index (χ0) is 18.4. The Kier molecular flexibility index (Phi) is 6.07. The summed E-state index contributed by atoms with van der Waals surface area (Å²) >= 11 is 0. The van der Waals surface area contributed by atoms with E-state index in [1.807, 2.05) is 38.1 Å². The highest BCUT2D eigenvalue weighted by Crippen LogP contribution is 2.29. The van der Waals surface area contributed by atoms with Crippen molar-refractivity contribution in [3.8, 4) is 0 Å². The molecule has 0 fully saturated rings. The van der Waals surface area contributed by atoms with Gasteiger partial charge in [-0.3, -0.25) is 4.79 Å². The Bertz CT molecular complexity index is 711. The number of rotatable bonds is 6. The minimum atomic E-state index is -4.34. The van der Waals surface area contributed by atoms with Crippen molar-refractivity contribution in [3.05, 3.63) is 59.7 Å². The van der Waals surface area contributed by atoms with Crippen molar-refractivity contribution < 1.29 is 18.0 Å². The summed E-state index contributed by atoms with van der Waals surface area (Å²) in [5.74, 6) is -0.0347. The number of carbonyl (C=O) groups is 1. The molecule has 3 nitrogen and oxygen atoms in total. The molecule has 0 spiro atoms. The predicted octanol–water partition coefficient (Wildman–Crippen LogP) is 4.87. The van der Waals surface area contributed by atoms with Crippen LogP contribution in [0.3, 0.4) is 0 Å². The number of nitrogens with one attached hydrogen (secondary N) is 1. The van der Waals surface area contributed by atoms with Crippen molar-refractivity contribution in [2.45, 2.75) is 26.4 Å². The maximum atomic E-state index is 12.5. The molecule has 0 aliphatic carbocycles. The van der Waals surface area contributed by atoms with E-state index in [4.69, 9.17) is 0 Å². The summed E-state index contributed by atoms with van der Waals surface area (Å²) in [6.07, 6.45) is -4.09. The molecule has 0 aromatic heterocycles. The maximum Gasteiger partial charge on any atom is 0.416 e. The molecule has 6 heteroatoms. The van der Waals surface area contributed by atoms with Gasteiger partial charge in [0.25, 0.3) is 0 Å². The molecule has 2 aromatic rings. The van der Waals surface area contributed by atoms with Crippen LogP contribution in [-0.2, 0) is 11.0 Å². The van der Waals surface area contributed by atoms with Crippen molar-refractivity contribution in [2.24, 2.45) is 0 Å². The summed E-state index contributed by atoms with van der Waals surface area (Å²) in [5.41, 5.74) is 1.79. The van der Waals surface area contributed by atoms with Crippen LogP contribution in [0.25, 0.3) is 0 Å². The SMILES string of the molecule is CCN(C(=O)CCNc1ccc(C(F)(F)F)cc1)c1cccc(C)c1. The van der Waals surface area contributed by atoms with Crippen LogP contribution in [0.2, 0.25) is 0 Å². The van der Waals surface area contributed by atoms with Crippen molar-refractivity contribution >= 4 is 17.3 Å². The largest absolute Gasteiger partial charge is 0.416 e. The number of benzene rings is 2. The van der Waals surface area contributed by atoms with Gasteiger partial charge in [0.2, 0.25) is 5.91 Å². The second-order valence-electron chi connectivity index (χ2n) is 5.73. The first kappa shape index (κ1) is 18.8. The number of amides is 1. The van der Waals surface area contributed by atoms with Gasteiger partial charge < -0.3 is 10.2 Å². The van der Waals surface area contributed by atoms with Crippen LogP contribution in [0, 0.1) is 6.92 Å². The maximum absolute atomic E-state index is 12.5. The van der Waals surface area contributed by atoms with E-state index in [0.29, 0.717) is 18.8 Å². The third-order valence-electron chi connectivity index (χ3n) is 3.81. The summed E-state index contributed by atoms with van der Waals surface area (Å²) in [4.78, 5) is 14.1. The Labute approximate surface area is 145 Å². The quantitative estimate of drug-likeness (QED) is 0.806. The van der Waals surface area contributed by atoms with E-state index in [-0.39, 0.29) is 12.3 Å². The highest BCUT2D eigenvalue weighted by molar-refractivity contribution is 5.93. The van der Waals surface area contributed by atoms with Crippen molar-refractivity contribution in [3.63, 3.8) is 0 Å². The first-order valence-electron chi connectivity index (χ1n) is 8.09. The van der Waals surface area contributed by atoms with Gasteiger partial charge in [-0.15, -0.1) is 0 Å². The van der Waals surface area contributed by atoms with E-state index in [9.17, 15) is 18.0 Å². The van der Waals surface area contributed by atoms with E-state index in [1.165, 1.54) is 12.1 Å². The van der Waals surface area contributed by atoms with Crippen LogP contribution in [0.1, 0.15) is 24.5 Å². The Hall–Kier alpha value is -2.50. The first-order chi connectivity index (χ1) is 11.8. The lowest BCUT2D eigenvalue weighted by Gasteiger charge is -2.21. The number of alkyl halides is 3. The van der Waals surface area contributed by atoms with Gasteiger partial charge >= 0.3 is 6.18 Å². The number of carbonyl (C=O) groups excluding carboxylic acids is 1. The second-order valence-corrected chi connectivity index (χ2v) is 5.73. The van der Waals surface area contributed by atoms with E-state index < -0.39 is 11.7 Å². The van der Waals surface area contributed by atoms with E-state index >= 15 is 0 Å². The molecule has 0 atom stereocenters. The summed E-state index contributed by atoms with van der Waals surface area (Å²) in [7, 11) is 0.